The molecule has 196 valence electrons. The molecule has 4 rings (SSSR count). The van der Waals surface area contributed by atoms with Gasteiger partial charge in [-0.15, -0.1) is 0 Å². The molecule has 9 nitrogen and oxygen atoms in total. The normalized spacial score (nSPS) is 27.6. The van der Waals surface area contributed by atoms with Gasteiger partial charge in [0, 0.05) is 50.4 Å². The maximum Gasteiger partial charge on any atom is 0.250 e. The van der Waals surface area contributed by atoms with Crippen LogP contribution in [0.4, 0.5) is 10.1 Å². The molecular weight excluding hydrogens is 469 g/mol. The van der Waals surface area contributed by atoms with E-state index in [4.69, 9.17) is 5.73 Å². The summed E-state index contributed by atoms with van der Waals surface area (Å²) in [6.45, 7) is 1.14. The number of phenols is 1. The number of aliphatic hydroxyl groups is 3. The van der Waals surface area contributed by atoms with Crippen LogP contribution in [0.5, 0.6) is 5.75 Å². The summed E-state index contributed by atoms with van der Waals surface area (Å²) in [4.78, 5) is 29.4. The molecular formula is C26H34FN3O6. The molecule has 3 aliphatic carbocycles. The van der Waals surface area contributed by atoms with Crippen LogP contribution < -0.4 is 10.6 Å². The number of phenolic OH excluding ortho intramolecular Hbond substituents is 1. The number of carbonyl (C=O) groups excluding carboxylic acids is 2. The lowest BCUT2D eigenvalue weighted by Crippen LogP contribution is -2.52. The number of halogens is 1. The monoisotopic (exact) mass is 503 g/mol. The summed E-state index contributed by atoms with van der Waals surface area (Å²) in [5.74, 6) is -4.22. The number of primary amides is 1. The number of Topliss-reactive ketones (excluding diaryl/α,β-unsaturated/α-hetero) is 1. The number of nitrogens with two attached hydrogens (primary N) is 1. The van der Waals surface area contributed by atoms with E-state index in [2.05, 4.69) is 0 Å². The fourth-order valence-corrected chi connectivity index (χ4v) is 6.44. The first kappa shape index (κ1) is 26.0. The van der Waals surface area contributed by atoms with Crippen LogP contribution in [0.2, 0.25) is 0 Å². The van der Waals surface area contributed by atoms with Crippen molar-refractivity contribution < 1.29 is 34.4 Å². The van der Waals surface area contributed by atoms with Gasteiger partial charge in [0.05, 0.1) is 17.1 Å². The van der Waals surface area contributed by atoms with Crippen LogP contribution in [0, 0.1) is 17.8 Å². The van der Waals surface area contributed by atoms with Crippen molar-refractivity contribution in [3.05, 3.63) is 45.4 Å². The second kappa shape index (κ2) is 9.08. The van der Waals surface area contributed by atoms with Crippen molar-refractivity contribution in [2.24, 2.45) is 23.5 Å². The SMILES string of the molecule is CN(CCF)Cc1cc(N(C)C)c2c(c1O)C(=O)C1=C(O)C3C(CC(O)=C(C(N)=O)C3(C)O)CC1C2. The highest BCUT2D eigenvalue weighted by Crippen LogP contribution is 2.54. The summed E-state index contributed by atoms with van der Waals surface area (Å²) in [5, 5.41) is 44.3. The lowest BCUT2D eigenvalue weighted by Gasteiger charge is -2.48. The molecule has 0 radical (unpaired) electrons. The number of carbonyl (C=O) groups is 2. The third-order valence-corrected chi connectivity index (χ3v) is 7.91. The van der Waals surface area contributed by atoms with Crippen molar-refractivity contribution in [3.63, 3.8) is 0 Å². The predicted molar refractivity (Wildman–Crippen MR) is 132 cm³/mol. The van der Waals surface area contributed by atoms with E-state index in [-0.39, 0.29) is 53.5 Å². The number of aromatic hydroxyl groups is 1. The van der Waals surface area contributed by atoms with E-state index >= 15 is 0 Å². The van der Waals surface area contributed by atoms with Crippen molar-refractivity contribution in [1.29, 1.82) is 0 Å². The van der Waals surface area contributed by atoms with Crippen molar-refractivity contribution in [3.8, 4) is 5.75 Å². The van der Waals surface area contributed by atoms with Crippen LogP contribution in [-0.2, 0) is 17.8 Å². The molecule has 4 atom stereocenters. The number of ketones is 1. The molecule has 36 heavy (non-hydrogen) atoms. The number of fused-ring (bicyclic) bond motifs is 3. The zero-order chi connectivity index (χ0) is 26.7. The van der Waals surface area contributed by atoms with Gasteiger partial charge in [0.15, 0.2) is 5.78 Å². The Morgan fingerprint density at radius 1 is 1.22 bits per heavy atom. The van der Waals surface area contributed by atoms with E-state index in [1.54, 1.807) is 18.0 Å². The maximum atomic E-state index is 13.9. The van der Waals surface area contributed by atoms with E-state index in [0.717, 1.165) is 5.69 Å². The standard InChI is InChI=1S/C26H34FN3O6/c1-26(36)20-13(10-17(31)21(26)25(28)35)7-12-8-15-16(29(2)3)9-14(11-30(4)6-5-27)22(32)19(15)23(33)18(12)24(20)34/h9,12-13,20,31-32,34,36H,5-8,10-11H2,1-4H3,(H2,28,35). The van der Waals surface area contributed by atoms with Gasteiger partial charge < -0.3 is 31.1 Å². The molecule has 10 heteroatoms. The van der Waals surface area contributed by atoms with Crippen molar-refractivity contribution in [2.75, 3.05) is 39.3 Å². The number of nitrogens with zero attached hydrogens (tertiary/aromatic N) is 2. The minimum absolute atomic E-state index is 0.0413. The molecule has 0 bridgehead atoms. The second-order valence-corrected chi connectivity index (χ2v) is 10.6. The smallest absolute Gasteiger partial charge is 0.250 e. The van der Waals surface area contributed by atoms with Gasteiger partial charge in [-0.25, -0.2) is 4.39 Å². The van der Waals surface area contributed by atoms with E-state index in [0.29, 0.717) is 24.0 Å². The van der Waals surface area contributed by atoms with Crippen LogP contribution in [-0.4, -0.2) is 77.0 Å². The Labute approximate surface area is 209 Å². The Balaban J connectivity index is 1.87. The van der Waals surface area contributed by atoms with Crippen molar-refractivity contribution in [2.45, 2.75) is 38.3 Å². The lowest BCUT2D eigenvalue weighted by molar-refractivity contribution is -0.119. The van der Waals surface area contributed by atoms with E-state index in [9.17, 15) is 34.4 Å². The predicted octanol–water partition coefficient (Wildman–Crippen LogP) is 2.11. The van der Waals surface area contributed by atoms with Crippen LogP contribution >= 0.6 is 0 Å². The number of anilines is 1. The molecule has 0 fully saturated rings. The number of hydrogen-bond donors (Lipinski definition) is 5. The first-order valence-corrected chi connectivity index (χ1v) is 12.0. The highest BCUT2D eigenvalue weighted by Gasteiger charge is 2.55. The molecule has 0 spiro atoms. The molecule has 0 heterocycles. The van der Waals surface area contributed by atoms with Crippen molar-refractivity contribution >= 4 is 17.4 Å². The fourth-order valence-electron chi connectivity index (χ4n) is 6.44. The summed E-state index contributed by atoms with van der Waals surface area (Å²) in [6, 6.07) is 1.80. The number of benzene rings is 1. The molecule has 0 aliphatic heterocycles. The number of amides is 1. The maximum absolute atomic E-state index is 13.9. The largest absolute Gasteiger partial charge is 0.512 e. The van der Waals surface area contributed by atoms with E-state index in [1.165, 1.54) is 6.92 Å². The first-order valence-electron chi connectivity index (χ1n) is 12.0. The Kier molecular flexibility index (Phi) is 6.55. The third kappa shape index (κ3) is 3.92. The Bertz CT molecular complexity index is 1190. The molecule has 3 aliphatic rings. The Morgan fingerprint density at radius 2 is 1.89 bits per heavy atom. The molecule has 1 aromatic carbocycles. The molecule has 0 aromatic heterocycles. The highest BCUT2D eigenvalue weighted by atomic mass is 19.1. The zero-order valence-electron chi connectivity index (χ0n) is 21.0. The van der Waals surface area contributed by atoms with Gasteiger partial charge in [-0.3, -0.25) is 14.5 Å². The molecule has 1 aromatic rings. The summed E-state index contributed by atoms with van der Waals surface area (Å²) in [5.41, 5.74) is 5.12. The van der Waals surface area contributed by atoms with Gasteiger partial charge in [0.2, 0.25) is 0 Å². The Hall–Kier alpha value is -3.11. The van der Waals surface area contributed by atoms with E-state index < -0.39 is 41.7 Å². The fraction of sp³-hybridized carbons (Fsp3) is 0.538. The first-order chi connectivity index (χ1) is 16.8. The third-order valence-electron chi connectivity index (χ3n) is 7.91. The van der Waals surface area contributed by atoms with Gasteiger partial charge in [-0.2, -0.15) is 0 Å². The topological polar surface area (TPSA) is 148 Å². The molecule has 4 unspecified atom stereocenters. The number of alkyl halides is 1. The van der Waals surface area contributed by atoms with Crippen molar-refractivity contribution in [1.82, 2.24) is 4.90 Å². The lowest BCUT2D eigenvalue weighted by atomic mass is 9.58. The highest BCUT2D eigenvalue weighted by molar-refractivity contribution is 6.14. The van der Waals surface area contributed by atoms with Gasteiger partial charge >= 0.3 is 0 Å². The zero-order valence-corrected chi connectivity index (χ0v) is 21.0. The van der Waals surface area contributed by atoms with Crippen LogP contribution in [0.25, 0.3) is 0 Å². The average molecular weight is 504 g/mol. The van der Waals surface area contributed by atoms with E-state index in [1.807, 2.05) is 19.0 Å². The molecule has 0 saturated carbocycles. The van der Waals surface area contributed by atoms with Gasteiger partial charge in [-0.05, 0) is 50.3 Å². The number of rotatable bonds is 6. The summed E-state index contributed by atoms with van der Waals surface area (Å²) in [7, 11) is 5.38. The minimum Gasteiger partial charge on any atom is -0.512 e. The van der Waals surface area contributed by atoms with Gasteiger partial charge in [0.25, 0.3) is 5.91 Å². The number of hydrogen-bond acceptors (Lipinski definition) is 8. The summed E-state index contributed by atoms with van der Waals surface area (Å²) < 4.78 is 12.8. The summed E-state index contributed by atoms with van der Waals surface area (Å²) >= 11 is 0. The number of allylic oxidation sites excluding steroid dienone is 2. The van der Waals surface area contributed by atoms with Crippen LogP contribution in [0.15, 0.2) is 28.7 Å². The molecule has 0 saturated heterocycles. The second-order valence-electron chi connectivity index (χ2n) is 10.6. The number of aliphatic hydroxyl groups excluding tert-OH is 2. The van der Waals surface area contributed by atoms with Crippen LogP contribution in [0.1, 0.15) is 41.3 Å². The van der Waals surface area contributed by atoms with Gasteiger partial charge in [0.1, 0.15) is 29.5 Å². The quantitative estimate of drug-likeness (QED) is 0.397. The Morgan fingerprint density at radius 3 is 2.47 bits per heavy atom. The molecule has 6 N–H and O–H groups in total. The van der Waals surface area contributed by atoms with Gasteiger partial charge in [-0.1, -0.05) is 0 Å². The minimum atomic E-state index is -1.98. The van der Waals surface area contributed by atoms with Crippen LogP contribution in [0.3, 0.4) is 0 Å². The average Bonchev–Trinajstić information content (AvgIpc) is 2.73. The molecule has 1 amide bonds. The summed E-state index contributed by atoms with van der Waals surface area (Å²) in [6.07, 6.45) is 0.788.